The average Bonchev–Trinajstić information content (AvgIpc) is 2.90. The molecule has 1 aromatic heterocycles. The second-order valence-corrected chi connectivity index (χ2v) is 7.24. The molecule has 0 aliphatic heterocycles. The highest BCUT2D eigenvalue weighted by molar-refractivity contribution is 5.15. The van der Waals surface area contributed by atoms with E-state index in [4.69, 9.17) is 9.15 Å². The van der Waals surface area contributed by atoms with E-state index in [1.54, 1.807) is 0 Å². The van der Waals surface area contributed by atoms with Gasteiger partial charge in [-0.3, -0.25) is 4.90 Å². The Hall–Kier alpha value is -1.62. The van der Waals surface area contributed by atoms with E-state index in [1.807, 2.05) is 58.0 Å². The van der Waals surface area contributed by atoms with Gasteiger partial charge in [-0.25, -0.2) is 0 Å². The predicted octanol–water partition coefficient (Wildman–Crippen LogP) is 3.77. The van der Waals surface area contributed by atoms with Crippen molar-refractivity contribution in [2.75, 3.05) is 13.2 Å². The van der Waals surface area contributed by atoms with Gasteiger partial charge >= 0.3 is 0 Å². The van der Waals surface area contributed by atoms with E-state index in [1.165, 1.54) is 5.56 Å². The molecule has 24 heavy (non-hydrogen) atoms. The number of aliphatic hydroxyl groups is 1. The molecule has 0 aliphatic carbocycles. The van der Waals surface area contributed by atoms with Crippen LogP contribution in [0.2, 0.25) is 0 Å². The number of aryl methyl sites for hydroxylation is 1. The van der Waals surface area contributed by atoms with Gasteiger partial charge in [0.1, 0.15) is 11.5 Å². The van der Waals surface area contributed by atoms with E-state index >= 15 is 0 Å². The van der Waals surface area contributed by atoms with Crippen molar-refractivity contribution in [2.24, 2.45) is 0 Å². The molecule has 0 saturated heterocycles. The largest absolute Gasteiger partial charge is 0.465 e. The summed E-state index contributed by atoms with van der Waals surface area (Å²) in [6, 6.07) is 14.2. The average molecular weight is 331 g/mol. The van der Waals surface area contributed by atoms with E-state index in [-0.39, 0.29) is 5.60 Å². The van der Waals surface area contributed by atoms with Gasteiger partial charge in [0, 0.05) is 13.1 Å². The maximum Gasteiger partial charge on any atom is 0.118 e. The van der Waals surface area contributed by atoms with Gasteiger partial charge in [-0.1, -0.05) is 30.3 Å². The van der Waals surface area contributed by atoms with Crippen molar-refractivity contribution >= 4 is 0 Å². The van der Waals surface area contributed by atoms with E-state index in [2.05, 4.69) is 17.0 Å². The SMILES string of the molecule is Cc1ccc(CN(Cc2ccccc2)CC(O)COC(C)(C)C)o1. The minimum absolute atomic E-state index is 0.247. The van der Waals surface area contributed by atoms with Crippen LogP contribution in [0.5, 0.6) is 0 Å². The molecule has 132 valence electrons. The van der Waals surface area contributed by atoms with E-state index in [0.29, 0.717) is 19.7 Å². The highest BCUT2D eigenvalue weighted by atomic mass is 16.5. The summed E-state index contributed by atoms with van der Waals surface area (Å²) in [6.07, 6.45) is -0.538. The Morgan fingerprint density at radius 2 is 1.79 bits per heavy atom. The summed E-state index contributed by atoms with van der Waals surface area (Å²) in [7, 11) is 0. The monoisotopic (exact) mass is 331 g/mol. The number of furan rings is 1. The number of rotatable bonds is 8. The predicted molar refractivity (Wildman–Crippen MR) is 95.7 cm³/mol. The molecule has 0 saturated carbocycles. The van der Waals surface area contributed by atoms with Crippen molar-refractivity contribution in [3.63, 3.8) is 0 Å². The van der Waals surface area contributed by atoms with Crippen molar-refractivity contribution in [2.45, 2.75) is 52.5 Å². The van der Waals surface area contributed by atoms with E-state index in [0.717, 1.165) is 18.1 Å². The Bertz CT molecular complexity index is 601. The standard InChI is InChI=1S/C20H29NO3/c1-16-10-11-19(24-16)14-21(12-17-8-6-5-7-9-17)13-18(22)15-23-20(2,3)4/h5-11,18,22H,12-15H2,1-4H3. The Morgan fingerprint density at radius 1 is 1.08 bits per heavy atom. The molecule has 2 aromatic rings. The minimum atomic E-state index is -0.538. The third-order valence-electron chi connectivity index (χ3n) is 3.60. The van der Waals surface area contributed by atoms with Crippen LogP contribution in [-0.2, 0) is 17.8 Å². The zero-order valence-corrected chi connectivity index (χ0v) is 15.2. The summed E-state index contributed by atoms with van der Waals surface area (Å²) in [4.78, 5) is 2.18. The van der Waals surface area contributed by atoms with Crippen molar-refractivity contribution in [3.8, 4) is 0 Å². The molecule has 0 fully saturated rings. The molecular formula is C20H29NO3. The summed E-state index contributed by atoms with van der Waals surface area (Å²) >= 11 is 0. The highest BCUT2D eigenvalue weighted by Gasteiger charge is 2.18. The maximum absolute atomic E-state index is 10.3. The van der Waals surface area contributed by atoms with Crippen molar-refractivity contribution in [1.29, 1.82) is 0 Å². The first-order chi connectivity index (χ1) is 11.3. The molecule has 0 amide bonds. The smallest absolute Gasteiger partial charge is 0.118 e. The van der Waals surface area contributed by atoms with E-state index in [9.17, 15) is 5.11 Å². The molecular weight excluding hydrogens is 302 g/mol. The number of hydrogen-bond donors (Lipinski definition) is 1. The fourth-order valence-electron chi connectivity index (χ4n) is 2.51. The maximum atomic E-state index is 10.3. The van der Waals surface area contributed by atoms with Crippen LogP contribution in [-0.4, -0.2) is 34.9 Å². The van der Waals surface area contributed by atoms with Gasteiger partial charge in [0.05, 0.1) is 24.9 Å². The molecule has 4 heteroatoms. The first kappa shape index (κ1) is 18.7. The van der Waals surface area contributed by atoms with Crippen molar-refractivity contribution in [1.82, 2.24) is 4.90 Å². The highest BCUT2D eigenvalue weighted by Crippen LogP contribution is 2.14. The molecule has 4 nitrogen and oxygen atoms in total. The minimum Gasteiger partial charge on any atom is -0.465 e. The van der Waals surface area contributed by atoms with E-state index < -0.39 is 6.10 Å². The van der Waals surface area contributed by atoms with Crippen LogP contribution >= 0.6 is 0 Å². The summed E-state index contributed by atoms with van der Waals surface area (Å²) in [5, 5.41) is 10.3. The molecule has 1 atom stereocenters. The number of hydrogen-bond acceptors (Lipinski definition) is 4. The second-order valence-electron chi connectivity index (χ2n) is 7.24. The van der Waals surface area contributed by atoms with Gasteiger partial charge in [-0.05, 0) is 45.4 Å². The van der Waals surface area contributed by atoms with Crippen LogP contribution < -0.4 is 0 Å². The topological polar surface area (TPSA) is 45.8 Å². The summed E-state index contributed by atoms with van der Waals surface area (Å²) in [5.41, 5.74) is 0.966. The fraction of sp³-hybridized carbons (Fsp3) is 0.500. The number of ether oxygens (including phenoxy) is 1. The van der Waals surface area contributed by atoms with Crippen LogP contribution in [0.15, 0.2) is 46.9 Å². The Kier molecular flexibility index (Phi) is 6.60. The molecule has 0 spiro atoms. The van der Waals surface area contributed by atoms with Crippen LogP contribution in [0.25, 0.3) is 0 Å². The van der Waals surface area contributed by atoms with Gasteiger partial charge in [-0.2, -0.15) is 0 Å². The summed E-state index contributed by atoms with van der Waals surface area (Å²) in [5.74, 6) is 1.81. The molecule has 1 heterocycles. The molecule has 0 radical (unpaired) electrons. The van der Waals surface area contributed by atoms with Gasteiger partial charge < -0.3 is 14.3 Å². The molecule has 0 bridgehead atoms. The third kappa shape index (κ3) is 6.87. The van der Waals surface area contributed by atoms with Crippen LogP contribution in [0, 0.1) is 6.92 Å². The Morgan fingerprint density at radius 3 is 2.38 bits per heavy atom. The first-order valence-electron chi connectivity index (χ1n) is 8.45. The van der Waals surface area contributed by atoms with Crippen LogP contribution in [0.4, 0.5) is 0 Å². The third-order valence-corrected chi connectivity index (χ3v) is 3.60. The molecule has 2 rings (SSSR count). The zero-order valence-electron chi connectivity index (χ0n) is 15.2. The van der Waals surface area contributed by atoms with Gasteiger partial charge in [0.15, 0.2) is 0 Å². The zero-order chi connectivity index (χ0) is 17.6. The Balaban J connectivity index is 1.98. The lowest BCUT2D eigenvalue weighted by Crippen LogP contribution is -2.36. The van der Waals surface area contributed by atoms with Crippen LogP contribution in [0.3, 0.4) is 0 Å². The number of aliphatic hydroxyl groups excluding tert-OH is 1. The molecule has 1 aromatic carbocycles. The summed E-state index contributed by atoms with van der Waals surface area (Å²) in [6.45, 7) is 10.2. The summed E-state index contributed by atoms with van der Waals surface area (Å²) < 4.78 is 11.4. The normalized spacial score (nSPS) is 13.4. The molecule has 1 unspecified atom stereocenters. The van der Waals surface area contributed by atoms with Gasteiger partial charge in [0.25, 0.3) is 0 Å². The molecule has 0 aliphatic rings. The fourth-order valence-corrected chi connectivity index (χ4v) is 2.51. The number of benzene rings is 1. The van der Waals surface area contributed by atoms with Crippen molar-refractivity contribution < 1.29 is 14.3 Å². The van der Waals surface area contributed by atoms with Gasteiger partial charge in [-0.15, -0.1) is 0 Å². The lowest BCUT2D eigenvalue weighted by molar-refractivity contribution is -0.0576. The van der Waals surface area contributed by atoms with Crippen molar-refractivity contribution in [3.05, 3.63) is 59.5 Å². The second kappa shape index (κ2) is 8.47. The quantitative estimate of drug-likeness (QED) is 0.800. The lowest BCUT2D eigenvalue weighted by atomic mass is 10.2. The lowest BCUT2D eigenvalue weighted by Gasteiger charge is -2.27. The molecule has 1 N–H and O–H groups in total. The number of nitrogens with zero attached hydrogens (tertiary/aromatic N) is 1. The van der Waals surface area contributed by atoms with Crippen LogP contribution in [0.1, 0.15) is 37.9 Å². The Labute approximate surface area is 145 Å². The van der Waals surface area contributed by atoms with Gasteiger partial charge in [0.2, 0.25) is 0 Å². The first-order valence-corrected chi connectivity index (χ1v) is 8.45.